The molecule has 0 aliphatic carbocycles. The van der Waals surface area contributed by atoms with Crippen LogP contribution in [0, 0.1) is 0 Å². The topological polar surface area (TPSA) is 102 Å². The molecule has 1 aromatic carbocycles. The number of nitrogens with one attached hydrogen (secondary N) is 1. The number of oxazole rings is 1. The minimum atomic E-state index is -4.61. The van der Waals surface area contributed by atoms with Crippen molar-refractivity contribution in [3.63, 3.8) is 0 Å². The van der Waals surface area contributed by atoms with Crippen LogP contribution in [0.4, 0.5) is 19.2 Å². The van der Waals surface area contributed by atoms with E-state index in [0.29, 0.717) is 17.2 Å². The number of benzene rings is 1. The van der Waals surface area contributed by atoms with Crippen LogP contribution < -0.4 is 5.32 Å². The van der Waals surface area contributed by atoms with Crippen molar-refractivity contribution in [3.8, 4) is 5.82 Å². The predicted octanol–water partition coefficient (Wildman–Crippen LogP) is 4.88. The third-order valence-corrected chi connectivity index (χ3v) is 6.00. The van der Waals surface area contributed by atoms with Crippen molar-refractivity contribution in [2.45, 2.75) is 32.0 Å². The zero-order valence-corrected chi connectivity index (χ0v) is 19.1. The average molecular weight is 506 g/mol. The number of hydrogen-bond acceptors (Lipinski definition) is 7. The molecule has 3 aromatic heterocycles. The molecule has 182 valence electrons. The summed E-state index contributed by atoms with van der Waals surface area (Å²) in [7, 11) is 0. The van der Waals surface area contributed by atoms with Gasteiger partial charge in [0.1, 0.15) is 11.8 Å². The van der Waals surface area contributed by atoms with E-state index in [1.165, 1.54) is 17.2 Å². The summed E-state index contributed by atoms with van der Waals surface area (Å²) in [5.74, 6) is 0.843. The molecule has 1 amide bonds. The normalized spacial score (nSPS) is 15.1. The molecule has 1 aliphatic heterocycles. The number of halogens is 4. The van der Waals surface area contributed by atoms with E-state index in [0.717, 1.165) is 38.1 Å². The van der Waals surface area contributed by atoms with Gasteiger partial charge in [0.2, 0.25) is 0 Å². The van der Waals surface area contributed by atoms with Crippen LogP contribution in [-0.4, -0.2) is 48.6 Å². The molecule has 1 fully saturated rings. The smallest absolute Gasteiger partial charge is 0.417 e. The molecule has 1 N–H and O–H groups in total. The quantitative estimate of drug-likeness (QED) is 0.412. The summed E-state index contributed by atoms with van der Waals surface area (Å²) in [6, 6.07) is 4.78. The molecular formula is C22H19ClF3N7O2. The summed E-state index contributed by atoms with van der Waals surface area (Å²) in [6.07, 6.45) is 0.244. The molecule has 4 aromatic rings. The number of carbonyl (C=O) groups is 1. The van der Waals surface area contributed by atoms with Gasteiger partial charge in [-0.3, -0.25) is 4.79 Å². The molecule has 5 rings (SSSR count). The Hall–Kier alpha value is -3.67. The van der Waals surface area contributed by atoms with E-state index in [1.54, 1.807) is 24.0 Å². The monoisotopic (exact) mass is 505 g/mol. The number of rotatable bonds is 5. The number of alkyl halides is 3. The summed E-state index contributed by atoms with van der Waals surface area (Å²) in [4.78, 5) is 27.1. The maximum Gasteiger partial charge on any atom is 0.417 e. The Labute approximate surface area is 201 Å². The number of aromatic nitrogens is 5. The SMILES string of the molecule is C[C@H](Nc1nc2cc(C(F)(F)F)c(Cl)cc2o1)c1ncnn1-c1ccc(C(=O)N2CCCC2)cn1. The number of pyridine rings is 1. The number of fused-ring (bicyclic) bond motifs is 1. The Morgan fingerprint density at radius 2 is 1.97 bits per heavy atom. The number of carbonyl (C=O) groups excluding carboxylic acids is 1. The number of likely N-dealkylation sites (tertiary alicyclic amines) is 1. The average Bonchev–Trinajstić information content (AvgIpc) is 3.57. The highest BCUT2D eigenvalue weighted by Crippen LogP contribution is 2.37. The van der Waals surface area contributed by atoms with Gasteiger partial charge in [0.05, 0.1) is 22.2 Å². The van der Waals surface area contributed by atoms with Crippen LogP contribution >= 0.6 is 11.6 Å². The van der Waals surface area contributed by atoms with Gasteiger partial charge in [0, 0.05) is 25.4 Å². The zero-order chi connectivity index (χ0) is 24.7. The first-order valence-electron chi connectivity index (χ1n) is 10.8. The molecular weight excluding hydrogens is 487 g/mol. The molecule has 0 spiro atoms. The Morgan fingerprint density at radius 1 is 1.20 bits per heavy atom. The number of amides is 1. The minimum Gasteiger partial charge on any atom is -0.423 e. The second-order valence-corrected chi connectivity index (χ2v) is 8.52. The Morgan fingerprint density at radius 3 is 2.66 bits per heavy atom. The fourth-order valence-electron chi connectivity index (χ4n) is 3.94. The fourth-order valence-corrected chi connectivity index (χ4v) is 4.20. The van der Waals surface area contributed by atoms with Crippen molar-refractivity contribution < 1.29 is 22.4 Å². The maximum absolute atomic E-state index is 13.1. The molecule has 13 heteroatoms. The molecule has 0 saturated carbocycles. The summed E-state index contributed by atoms with van der Waals surface area (Å²) < 4.78 is 46.4. The summed E-state index contributed by atoms with van der Waals surface area (Å²) in [5.41, 5.74) is -0.374. The lowest BCUT2D eigenvalue weighted by Crippen LogP contribution is -2.27. The fraction of sp³-hybridized carbons (Fsp3) is 0.318. The third kappa shape index (κ3) is 4.53. The standard InChI is InChI=1S/C22H19ClF3N7O2/c1-12(30-21-31-16-8-14(22(24,25)26)15(23)9-17(16)35-21)19-28-11-29-33(19)18-5-4-13(10-27-18)20(34)32-6-2-3-7-32/h4-5,8-12H,2-3,6-7H2,1H3,(H,30,31)/t12-/m0/s1. The van der Waals surface area contributed by atoms with Crippen LogP contribution in [-0.2, 0) is 6.18 Å². The lowest BCUT2D eigenvalue weighted by molar-refractivity contribution is -0.137. The third-order valence-electron chi connectivity index (χ3n) is 5.69. The van der Waals surface area contributed by atoms with Crippen molar-refractivity contribution in [1.29, 1.82) is 0 Å². The van der Waals surface area contributed by atoms with Gasteiger partial charge in [-0.1, -0.05) is 11.6 Å². The van der Waals surface area contributed by atoms with E-state index in [9.17, 15) is 18.0 Å². The Balaban J connectivity index is 1.35. The van der Waals surface area contributed by atoms with Crippen LogP contribution in [0.5, 0.6) is 0 Å². The summed E-state index contributed by atoms with van der Waals surface area (Å²) in [5, 5.41) is 6.71. The molecule has 0 bridgehead atoms. The number of anilines is 1. The minimum absolute atomic E-state index is 0.00282. The van der Waals surface area contributed by atoms with Crippen LogP contribution in [0.15, 0.2) is 41.2 Å². The molecule has 35 heavy (non-hydrogen) atoms. The van der Waals surface area contributed by atoms with Gasteiger partial charge in [0.15, 0.2) is 17.2 Å². The highest BCUT2D eigenvalue weighted by Gasteiger charge is 2.34. The highest BCUT2D eigenvalue weighted by atomic mass is 35.5. The van der Waals surface area contributed by atoms with Crippen LogP contribution in [0.1, 0.15) is 47.6 Å². The summed E-state index contributed by atoms with van der Waals surface area (Å²) >= 11 is 5.76. The van der Waals surface area contributed by atoms with Gasteiger partial charge < -0.3 is 14.6 Å². The van der Waals surface area contributed by atoms with Crippen LogP contribution in [0.3, 0.4) is 0 Å². The Kier molecular flexibility index (Phi) is 5.83. The van der Waals surface area contributed by atoms with Crippen molar-refractivity contribution in [2.75, 3.05) is 18.4 Å². The summed E-state index contributed by atoms with van der Waals surface area (Å²) in [6.45, 7) is 3.25. The maximum atomic E-state index is 13.1. The van der Waals surface area contributed by atoms with E-state index in [-0.39, 0.29) is 23.0 Å². The van der Waals surface area contributed by atoms with Crippen molar-refractivity contribution in [3.05, 3.63) is 58.8 Å². The first kappa shape index (κ1) is 23.1. The van der Waals surface area contributed by atoms with E-state index >= 15 is 0 Å². The lowest BCUT2D eigenvalue weighted by atomic mass is 10.2. The zero-order valence-electron chi connectivity index (χ0n) is 18.4. The van der Waals surface area contributed by atoms with Gasteiger partial charge in [0.25, 0.3) is 11.9 Å². The van der Waals surface area contributed by atoms with Crippen LogP contribution in [0.2, 0.25) is 5.02 Å². The van der Waals surface area contributed by atoms with Gasteiger partial charge in [-0.15, -0.1) is 0 Å². The van der Waals surface area contributed by atoms with Gasteiger partial charge >= 0.3 is 6.18 Å². The van der Waals surface area contributed by atoms with Gasteiger partial charge in [-0.2, -0.15) is 27.9 Å². The van der Waals surface area contributed by atoms with E-state index in [2.05, 4.69) is 25.4 Å². The van der Waals surface area contributed by atoms with E-state index in [4.69, 9.17) is 16.0 Å². The van der Waals surface area contributed by atoms with Crippen LogP contribution in [0.25, 0.3) is 16.9 Å². The van der Waals surface area contributed by atoms with Gasteiger partial charge in [-0.25, -0.2) is 9.97 Å². The molecule has 1 saturated heterocycles. The molecule has 1 aliphatic rings. The second kappa shape index (κ2) is 8.84. The van der Waals surface area contributed by atoms with Crippen molar-refractivity contribution >= 4 is 34.6 Å². The van der Waals surface area contributed by atoms with E-state index < -0.39 is 22.8 Å². The van der Waals surface area contributed by atoms with Gasteiger partial charge in [-0.05, 0) is 38.0 Å². The largest absolute Gasteiger partial charge is 0.423 e. The highest BCUT2D eigenvalue weighted by molar-refractivity contribution is 6.32. The van der Waals surface area contributed by atoms with E-state index in [1.807, 2.05) is 0 Å². The first-order valence-corrected chi connectivity index (χ1v) is 11.2. The number of nitrogens with zero attached hydrogens (tertiary/aromatic N) is 6. The second-order valence-electron chi connectivity index (χ2n) is 8.12. The predicted molar refractivity (Wildman–Crippen MR) is 120 cm³/mol. The molecule has 4 heterocycles. The molecule has 0 unspecified atom stereocenters. The Bertz CT molecular complexity index is 1380. The molecule has 9 nitrogen and oxygen atoms in total. The molecule has 0 radical (unpaired) electrons. The lowest BCUT2D eigenvalue weighted by Gasteiger charge is -2.15. The van der Waals surface area contributed by atoms with Crippen molar-refractivity contribution in [1.82, 2.24) is 29.6 Å². The molecule has 1 atom stereocenters. The van der Waals surface area contributed by atoms with Crippen molar-refractivity contribution in [2.24, 2.45) is 0 Å². The number of hydrogen-bond donors (Lipinski definition) is 1. The first-order chi connectivity index (χ1) is 16.7.